The standard InChI is InChI=1S/C21H28N4O3/c1-21(2)12-24(11-16(21)22-3)9-13-5-4-6-14-10-25(20(28)18(13)14)15-7-8-17(26)23-19(15)27/h4-6,15-16,22H,7-12H2,1-3H3,(H,23,26,27). The molecule has 4 rings (SSSR count). The summed E-state index contributed by atoms with van der Waals surface area (Å²) in [5.41, 5.74) is 2.90. The molecule has 0 spiro atoms. The second-order valence-electron chi connectivity index (χ2n) is 8.85. The van der Waals surface area contributed by atoms with E-state index in [1.54, 1.807) is 4.90 Å². The van der Waals surface area contributed by atoms with E-state index in [1.807, 2.05) is 25.2 Å². The molecule has 0 aromatic heterocycles. The van der Waals surface area contributed by atoms with Crippen molar-refractivity contribution in [1.29, 1.82) is 0 Å². The number of piperidine rings is 1. The van der Waals surface area contributed by atoms with Crippen molar-refractivity contribution in [3.8, 4) is 0 Å². The highest BCUT2D eigenvalue weighted by molar-refractivity contribution is 6.05. The molecule has 1 aromatic rings. The van der Waals surface area contributed by atoms with Gasteiger partial charge in [-0.25, -0.2) is 0 Å². The molecule has 0 saturated carbocycles. The van der Waals surface area contributed by atoms with Gasteiger partial charge in [0.05, 0.1) is 0 Å². The molecule has 150 valence electrons. The fraction of sp³-hybridized carbons (Fsp3) is 0.571. The largest absolute Gasteiger partial charge is 0.322 e. The molecular formula is C21H28N4O3. The number of likely N-dealkylation sites (N-methyl/N-ethyl adjacent to an activating group) is 1. The van der Waals surface area contributed by atoms with Gasteiger partial charge in [-0.2, -0.15) is 0 Å². The van der Waals surface area contributed by atoms with Gasteiger partial charge in [-0.3, -0.25) is 24.6 Å². The van der Waals surface area contributed by atoms with Gasteiger partial charge in [0, 0.05) is 44.2 Å². The van der Waals surface area contributed by atoms with Crippen molar-refractivity contribution >= 4 is 17.7 Å². The Kier molecular flexibility index (Phi) is 4.75. The van der Waals surface area contributed by atoms with Crippen LogP contribution in [0, 0.1) is 5.41 Å². The SMILES string of the molecule is CNC1CN(Cc2cccc3c2C(=O)N(C2CCC(=O)NC2=O)C3)CC1(C)C. The van der Waals surface area contributed by atoms with Crippen molar-refractivity contribution in [2.75, 3.05) is 20.1 Å². The molecule has 2 saturated heterocycles. The van der Waals surface area contributed by atoms with Crippen LogP contribution < -0.4 is 10.6 Å². The Bertz CT molecular complexity index is 835. The number of imide groups is 1. The number of fused-ring (bicyclic) bond motifs is 1. The van der Waals surface area contributed by atoms with E-state index in [0.29, 0.717) is 19.0 Å². The van der Waals surface area contributed by atoms with Crippen LogP contribution in [0.1, 0.15) is 48.2 Å². The van der Waals surface area contributed by atoms with Gasteiger partial charge in [-0.1, -0.05) is 32.0 Å². The Morgan fingerprint density at radius 1 is 1.25 bits per heavy atom. The predicted octanol–water partition coefficient (Wildman–Crippen LogP) is 0.877. The lowest BCUT2D eigenvalue weighted by atomic mass is 9.88. The first-order chi connectivity index (χ1) is 13.3. The molecule has 28 heavy (non-hydrogen) atoms. The van der Waals surface area contributed by atoms with Crippen LogP contribution >= 0.6 is 0 Å². The minimum absolute atomic E-state index is 0.0938. The van der Waals surface area contributed by atoms with Crippen LogP contribution in [0.25, 0.3) is 0 Å². The van der Waals surface area contributed by atoms with Crippen LogP contribution in [0.15, 0.2) is 18.2 Å². The van der Waals surface area contributed by atoms with Gasteiger partial charge in [0.25, 0.3) is 5.91 Å². The molecule has 3 aliphatic heterocycles. The number of likely N-dealkylation sites (tertiary alicyclic amines) is 1. The molecular weight excluding hydrogens is 356 g/mol. The minimum atomic E-state index is -0.565. The number of nitrogens with one attached hydrogen (secondary N) is 2. The van der Waals surface area contributed by atoms with Crippen LogP contribution in [-0.4, -0.2) is 59.7 Å². The zero-order chi connectivity index (χ0) is 20.1. The quantitative estimate of drug-likeness (QED) is 0.753. The highest BCUT2D eigenvalue weighted by atomic mass is 16.2. The van der Waals surface area contributed by atoms with Gasteiger partial charge in [0.1, 0.15) is 6.04 Å². The third-order valence-electron chi connectivity index (χ3n) is 6.40. The molecule has 2 fully saturated rings. The summed E-state index contributed by atoms with van der Waals surface area (Å²) in [6.07, 6.45) is 0.668. The van der Waals surface area contributed by atoms with E-state index in [4.69, 9.17) is 0 Å². The lowest BCUT2D eigenvalue weighted by molar-refractivity contribution is -0.136. The topological polar surface area (TPSA) is 81.8 Å². The Morgan fingerprint density at radius 2 is 2.04 bits per heavy atom. The van der Waals surface area contributed by atoms with Crippen LogP contribution in [0.5, 0.6) is 0 Å². The average Bonchev–Trinajstić information content (AvgIpc) is 3.11. The van der Waals surface area contributed by atoms with Crippen molar-refractivity contribution in [3.05, 3.63) is 34.9 Å². The monoisotopic (exact) mass is 384 g/mol. The summed E-state index contributed by atoms with van der Waals surface area (Å²) in [5.74, 6) is -0.720. The molecule has 3 amide bonds. The molecule has 7 nitrogen and oxygen atoms in total. The number of hydrogen-bond donors (Lipinski definition) is 2. The molecule has 7 heteroatoms. The first-order valence-corrected chi connectivity index (χ1v) is 9.95. The van der Waals surface area contributed by atoms with Crippen molar-refractivity contribution in [1.82, 2.24) is 20.4 Å². The smallest absolute Gasteiger partial charge is 0.255 e. The highest BCUT2D eigenvalue weighted by Crippen LogP contribution is 2.34. The number of carbonyl (C=O) groups excluding carboxylic acids is 3. The first-order valence-electron chi connectivity index (χ1n) is 9.95. The van der Waals surface area contributed by atoms with Crippen molar-refractivity contribution in [2.45, 2.75) is 51.9 Å². The van der Waals surface area contributed by atoms with Crippen molar-refractivity contribution in [2.24, 2.45) is 5.41 Å². The van der Waals surface area contributed by atoms with E-state index in [-0.39, 0.29) is 29.6 Å². The third kappa shape index (κ3) is 3.22. The Balaban J connectivity index is 1.54. The summed E-state index contributed by atoms with van der Waals surface area (Å²) in [6.45, 7) is 7.59. The number of carbonyl (C=O) groups is 3. The van der Waals surface area contributed by atoms with E-state index in [0.717, 1.165) is 36.3 Å². The normalized spacial score (nSPS) is 27.2. The van der Waals surface area contributed by atoms with Crippen LogP contribution in [0.2, 0.25) is 0 Å². The maximum atomic E-state index is 13.2. The van der Waals surface area contributed by atoms with E-state index in [1.165, 1.54) is 0 Å². The van der Waals surface area contributed by atoms with E-state index >= 15 is 0 Å². The lowest BCUT2D eigenvalue weighted by Gasteiger charge is -2.29. The van der Waals surface area contributed by atoms with Gasteiger partial charge >= 0.3 is 0 Å². The predicted molar refractivity (Wildman–Crippen MR) is 104 cm³/mol. The van der Waals surface area contributed by atoms with Crippen LogP contribution in [0.3, 0.4) is 0 Å². The molecule has 0 radical (unpaired) electrons. The molecule has 3 heterocycles. The Hall–Kier alpha value is -2.25. The number of amides is 3. The molecule has 2 N–H and O–H groups in total. The summed E-state index contributed by atoms with van der Waals surface area (Å²) in [6, 6.07) is 5.83. The number of nitrogens with zero attached hydrogens (tertiary/aromatic N) is 2. The number of rotatable bonds is 4. The van der Waals surface area contributed by atoms with Gasteiger partial charge in [0.15, 0.2) is 0 Å². The van der Waals surface area contributed by atoms with Gasteiger partial charge in [-0.05, 0) is 30.0 Å². The average molecular weight is 384 g/mol. The second kappa shape index (κ2) is 6.97. The highest BCUT2D eigenvalue weighted by Gasteiger charge is 2.41. The molecule has 2 unspecified atom stereocenters. The number of hydrogen-bond acceptors (Lipinski definition) is 5. The fourth-order valence-electron chi connectivity index (χ4n) is 4.92. The van der Waals surface area contributed by atoms with Crippen LogP contribution in [0.4, 0.5) is 0 Å². The molecule has 2 atom stereocenters. The van der Waals surface area contributed by atoms with Crippen molar-refractivity contribution in [3.63, 3.8) is 0 Å². The second-order valence-corrected chi connectivity index (χ2v) is 8.85. The maximum absolute atomic E-state index is 13.2. The van der Waals surface area contributed by atoms with Gasteiger partial charge in [-0.15, -0.1) is 0 Å². The summed E-state index contributed by atoms with van der Waals surface area (Å²) in [5, 5.41) is 5.76. The summed E-state index contributed by atoms with van der Waals surface area (Å²) in [7, 11) is 2.00. The fourth-order valence-corrected chi connectivity index (χ4v) is 4.92. The zero-order valence-corrected chi connectivity index (χ0v) is 16.7. The van der Waals surface area contributed by atoms with E-state index < -0.39 is 6.04 Å². The lowest BCUT2D eigenvalue weighted by Crippen LogP contribution is -2.52. The summed E-state index contributed by atoms with van der Waals surface area (Å²) >= 11 is 0. The van der Waals surface area contributed by atoms with Gasteiger partial charge < -0.3 is 10.2 Å². The van der Waals surface area contributed by atoms with Gasteiger partial charge in [0.2, 0.25) is 11.8 Å². The van der Waals surface area contributed by atoms with E-state index in [2.05, 4.69) is 29.4 Å². The third-order valence-corrected chi connectivity index (χ3v) is 6.40. The van der Waals surface area contributed by atoms with Crippen molar-refractivity contribution < 1.29 is 14.4 Å². The minimum Gasteiger partial charge on any atom is -0.322 e. The molecule has 1 aromatic carbocycles. The molecule has 0 aliphatic carbocycles. The zero-order valence-electron chi connectivity index (χ0n) is 16.7. The molecule has 3 aliphatic rings. The summed E-state index contributed by atoms with van der Waals surface area (Å²) in [4.78, 5) is 40.9. The Morgan fingerprint density at radius 3 is 2.71 bits per heavy atom. The molecule has 0 bridgehead atoms. The van der Waals surface area contributed by atoms with Crippen LogP contribution in [-0.2, 0) is 22.7 Å². The van der Waals surface area contributed by atoms with E-state index in [9.17, 15) is 14.4 Å². The maximum Gasteiger partial charge on any atom is 0.255 e. The Labute approximate surface area is 165 Å². The summed E-state index contributed by atoms with van der Waals surface area (Å²) < 4.78 is 0. The number of benzene rings is 1. The first kappa shape index (κ1) is 19.1.